The van der Waals surface area contributed by atoms with Gasteiger partial charge in [-0.25, -0.2) is 5.43 Å². The summed E-state index contributed by atoms with van der Waals surface area (Å²) in [6, 6.07) is 13.8. The molecule has 0 aliphatic rings. The predicted molar refractivity (Wildman–Crippen MR) is 107 cm³/mol. The molecule has 1 heterocycles. The van der Waals surface area contributed by atoms with Gasteiger partial charge in [-0.1, -0.05) is 41.2 Å². The lowest BCUT2D eigenvalue weighted by Crippen LogP contribution is -2.19. The van der Waals surface area contributed by atoms with E-state index >= 15 is 0 Å². The number of anilines is 1. The van der Waals surface area contributed by atoms with Gasteiger partial charge in [0.25, 0.3) is 5.91 Å². The highest BCUT2D eigenvalue weighted by Gasteiger charge is 2.12. The SMILES string of the molecule is Cc1ccc(C(=O)Nc2nnc(CC(=O)N/N=C/c3ccccc3O)s2)cc1. The van der Waals surface area contributed by atoms with Crippen LogP contribution in [-0.4, -0.2) is 33.3 Å². The fraction of sp³-hybridized carbons (Fsp3) is 0.105. The van der Waals surface area contributed by atoms with Crippen LogP contribution >= 0.6 is 11.3 Å². The highest BCUT2D eigenvalue weighted by molar-refractivity contribution is 7.15. The van der Waals surface area contributed by atoms with Crippen molar-refractivity contribution in [1.82, 2.24) is 15.6 Å². The lowest BCUT2D eigenvalue weighted by atomic mass is 10.1. The van der Waals surface area contributed by atoms with Crippen molar-refractivity contribution in [2.45, 2.75) is 13.3 Å². The van der Waals surface area contributed by atoms with Crippen molar-refractivity contribution in [2.75, 3.05) is 5.32 Å². The molecule has 0 aliphatic heterocycles. The van der Waals surface area contributed by atoms with E-state index in [-0.39, 0.29) is 24.0 Å². The number of para-hydroxylation sites is 1. The van der Waals surface area contributed by atoms with Crippen LogP contribution in [0.5, 0.6) is 5.75 Å². The van der Waals surface area contributed by atoms with Gasteiger partial charge in [-0.2, -0.15) is 5.10 Å². The molecule has 8 nitrogen and oxygen atoms in total. The largest absolute Gasteiger partial charge is 0.507 e. The highest BCUT2D eigenvalue weighted by Crippen LogP contribution is 2.17. The number of hydrogen-bond acceptors (Lipinski definition) is 7. The van der Waals surface area contributed by atoms with Crippen LogP contribution in [0.1, 0.15) is 26.5 Å². The van der Waals surface area contributed by atoms with E-state index in [0.29, 0.717) is 21.3 Å². The summed E-state index contributed by atoms with van der Waals surface area (Å²) in [6.07, 6.45) is 1.32. The van der Waals surface area contributed by atoms with E-state index in [0.717, 1.165) is 16.9 Å². The maximum Gasteiger partial charge on any atom is 0.257 e. The van der Waals surface area contributed by atoms with E-state index in [1.807, 2.05) is 19.1 Å². The number of hydrogen-bond donors (Lipinski definition) is 3. The smallest absolute Gasteiger partial charge is 0.257 e. The summed E-state index contributed by atoms with van der Waals surface area (Å²) in [5, 5.41) is 24.6. The normalized spacial score (nSPS) is 10.8. The highest BCUT2D eigenvalue weighted by atomic mass is 32.1. The number of rotatable bonds is 6. The minimum absolute atomic E-state index is 0.0316. The molecule has 1 aromatic heterocycles. The first-order valence-electron chi connectivity index (χ1n) is 8.31. The van der Waals surface area contributed by atoms with E-state index in [2.05, 4.69) is 26.0 Å². The molecule has 0 fully saturated rings. The first kappa shape index (κ1) is 19.2. The van der Waals surface area contributed by atoms with Gasteiger partial charge in [0, 0.05) is 11.1 Å². The Morgan fingerprint density at radius 2 is 1.89 bits per heavy atom. The van der Waals surface area contributed by atoms with Crippen molar-refractivity contribution in [1.29, 1.82) is 0 Å². The summed E-state index contributed by atoms with van der Waals surface area (Å²) in [4.78, 5) is 24.1. The Kier molecular flexibility index (Phi) is 6.07. The van der Waals surface area contributed by atoms with Crippen molar-refractivity contribution in [3.8, 4) is 5.75 Å². The fourth-order valence-electron chi connectivity index (χ4n) is 2.20. The van der Waals surface area contributed by atoms with Gasteiger partial charge < -0.3 is 5.11 Å². The Morgan fingerprint density at radius 3 is 2.64 bits per heavy atom. The van der Waals surface area contributed by atoms with Crippen molar-refractivity contribution in [2.24, 2.45) is 5.10 Å². The fourth-order valence-corrected chi connectivity index (χ4v) is 2.93. The van der Waals surface area contributed by atoms with Crippen LogP contribution in [0.15, 0.2) is 53.6 Å². The zero-order chi connectivity index (χ0) is 19.9. The summed E-state index contributed by atoms with van der Waals surface area (Å²) >= 11 is 1.11. The third kappa shape index (κ3) is 5.21. The average Bonchev–Trinajstić information content (AvgIpc) is 3.10. The van der Waals surface area contributed by atoms with Gasteiger partial charge in [0.1, 0.15) is 10.8 Å². The first-order valence-corrected chi connectivity index (χ1v) is 9.13. The number of aryl methyl sites for hydroxylation is 1. The van der Waals surface area contributed by atoms with Gasteiger partial charge in [-0.3, -0.25) is 14.9 Å². The topological polar surface area (TPSA) is 117 Å². The number of amides is 2. The lowest BCUT2D eigenvalue weighted by molar-refractivity contribution is -0.120. The van der Waals surface area contributed by atoms with Gasteiger partial charge in [-0.15, -0.1) is 10.2 Å². The maximum absolute atomic E-state index is 12.2. The Bertz CT molecular complexity index is 1010. The van der Waals surface area contributed by atoms with E-state index in [1.54, 1.807) is 30.3 Å². The number of nitrogens with zero attached hydrogens (tertiary/aromatic N) is 3. The van der Waals surface area contributed by atoms with E-state index in [1.165, 1.54) is 12.3 Å². The third-order valence-corrected chi connectivity index (χ3v) is 4.48. The quantitative estimate of drug-likeness (QED) is 0.438. The molecule has 0 radical (unpaired) electrons. The second kappa shape index (κ2) is 8.87. The molecule has 2 amide bonds. The van der Waals surface area contributed by atoms with E-state index in [9.17, 15) is 14.7 Å². The van der Waals surface area contributed by atoms with Crippen molar-refractivity contribution in [3.05, 3.63) is 70.2 Å². The number of phenolic OH excluding ortho intramolecular Hbond substituents is 1. The van der Waals surface area contributed by atoms with E-state index in [4.69, 9.17) is 0 Å². The average molecular weight is 395 g/mol. The molecular weight excluding hydrogens is 378 g/mol. The molecule has 9 heteroatoms. The Balaban J connectivity index is 1.52. The van der Waals surface area contributed by atoms with Gasteiger partial charge in [-0.05, 0) is 31.2 Å². The molecule has 0 spiro atoms. The molecule has 3 aromatic rings. The van der Waals surface area contributed by atoms with Crippen molar-refractivity contribution in [3.63, 3.8) is 0 Å². The number of aromatic hydroxyl groups is 1. The number of carbonyl (C=O) groups excluding carboxylic acids is 2. The maximum atomic E-state index is 12.2. The number of aromatic nitrogens is 2. The Morgan fingerprint density at radius 1 is 1.14 bits per heavy atom. The third-order valence-electron chi connectivity index (χ3n) is 3.64. The van der Waals surface area contributed by atoms with Crippen LogP contribution < -0.4 is 10.7 Å². The molecule has 0 saturated carbocycles. The summed E-state index contributed by atoms with van der Waals surface area (Å²) in [5.74, 6) is -0.614. The Hall–Kier alpha value is -3.59. The number of phenols is 1. The van der Waals surface area contributed by atoms with Crippen LogP contribution in [0.2, 0.25) is 0 Å². The van der Waals surface area contributed by atoms with Crippen molar-refractivity contribution >= 4 is 34.5 Å². The monoisotopic (exact) mass is 395 g/mol. The molecule has 0 unspecified atom stereocenters. The molecule has 0 atom stereocenters. The van der Waals surface area contributed by atoms with Crippen LogP contribution in [0, 0.1) is 6.92 Å². The molecule has 2 aromatic carbocycles. The van der Waals surface area contributed by atoms with Gasteiger partial charge >= 0.3 is 0 Å². The van der Waals surface area contributed by atoms with E-state index < -0.39 is 0 Å². The number of nitrogens with one attached hydrogen (secondary N) is 2. The number of carbonyl (C=O) groups is 2. The molecule has 3 N–H and O–H groups in total. The minimum Gasteiger partial charge on any atom is -0.507 e. The molecular formula is C19H17N5O3S. The summed E-state index contributed by atoms with van der Waals surface area (Å²) in [5.41, 5.74) is 4.42. The van der Waals surface area contributed by atoms with Crippen LogP contribution in [0.4, 0.5) is 5.13 Å². The first-order chi connectivity index (χ1) is 13.5. The van der Waals surface area contributed by atoms with Gasteiger partial charge in [0.05, 0.1) is 12.6 Å². The Labute approximate surface area is 165 Å². The molecule has 0 aliphatic carbocycles. The summed E-state index contributed by atoms with van der Waals surface area (Å²) in [6.45, 7) is 1.94. The number of hydrazone groups is 1. The molecule has 28 heavy (non-hydrogen) atoms. The zero-order valence-corrected chi connectivity index (χ0v) is 15.7. The molecule has 0 saturated heterocycles. The van der Waals surface area contributed by atoms with Crippen LogP contribution in [0.3, 0.4) is 0 Å². The second-order valence-corrected chi connectivity index (χ2v) is 6.91. The zero-order valence-electron chi connectivity index (χ0n) is 14.9. The lowest BCUT2D eigenvalue weighted by Gasteiger charge is -2.01. The summed E-state index contributed by atoms with van der Waals surface area (Å²) < 4.78 is 0. The molecule has 3 rings (SSSR count). The molecule has 0 bridgehead atoms. The van der Waals surface area contributed by atoms with Gasteiger partial charge in [0.2, 0.25) is 11.0 Å². The summed E-state index contributed by atoms with van der Waals surface area (Å²) in [7, 11) is 0. The predicted octanol–water partition coefficient (Wildman–Crippen LogP) is 2.50. The number of benzene rings is 2. The van der Waals surface area contributed by atoms with Crippen molar-refractivity contribution < 1.29 is 14.7 Å². The standard InChI is InChI=1S/C19H17N5O3S/c1-12-6-8-13(9-7-12)18(27)21-19-24-23-17(28-19)10-16(26)22-20-11-14-4-2-3-5-15(14)25/h2-9,11,25H,10H2,1H3,(H,22,26)(H,21,24,27)/b20-11+. The van der Waals surface area contributed by atoms with Crippen LogP contribution in [-0.2, 0) is 11.2 Å². The second-order valence-electron chi connectivity index (χ2n) is 5.85. The molecule has 142 valence electrons. The van der Waals surface area contributed by atoms with Gasteiger partial charge in [0.15, 0.2) is 0 Å². The van der Waals surface area contributed by atoms with Crippen LogP contribution in [0.25, 0.3) is 0 Å². The minimum atomic E-state index is -0.390.